The van der Waals surface area contributed by atoms with Gasteiger partial charge in [0.2, 0.25) is 5.78 Å². The van der Waals surface area contributed by atoms with Gasteiger partial charge in [0.05, 0.1) is 24.3 Å². The van der Waals surface area contributed by atoms with Crippen LogP contribution in [-0.2, 0) is 4.74 Å². The molecule has 0 aliphatic carbocycles. The third-order valence-corrected chi connectivity index (χ3v) is 5.62. The number of hydrogen-bond acceptors (Lipinski definition) is 6. The number of aromatic nitrogens is 2. The Balaban J connectivity index is 2.20. The summed E-state index contributed by atoms with van der Waals surface area (Å²) >= 11 is 5.99. The number of nitrogens with zero attached hydrogens (tertiary/aromatic N) is 2. The first-order valence-corrected chi connectivity index (χ1v) is 12.2. The summed E-state index contributed by atoms with van der Waals surface area (Å²) in [6.45, 7) is 7.25. The van der Waals surface area contributed by atoms with E-state index in [1.807, 2.05) is 0 Å². The van der Waals surface area contributed by atoms with Crippen LogP contribution in [0.5, 0.6) is 6.01 Å². The average Bonchev–Trinajstić information content (AvgIpc) is 2.60. The Morgan fingerprint density at radius 3 is 2.58 bits per heavy atom. The standard InChI is InChI=1S/C18H21ClN2O4Si/c1-24-17(23)13-11-12(5-6-14(13)19)16(22)15-7-8-20-18(21-15)25-9-10-26(2,3)4/h5-8,11H,9-10H2,1-4H3. The first kappa shape index (κ1) is 20.1. The summed E-state index contributed by atoms with van der Waals surface area (Å²) < 4.78 is 10.2. The van der Waals surface area contributed by atoms with E-state index in [0.29, 0.717) is 6.61 Å². The fraction of sp³-hybridized carbons (Fsp3) is 0.333. The molecule has 0 saturated carbocycles. The molecule has 0 aliphatic rings. The normalized spacial score (nSPS) is 11.1. The Morgan fingerprint density at radius 2 is 1.92 bits per heavy atom. The molecule has 8 heteroatoms. The highest BCUT2D eigenvalue weighted by Gasteiger charge is 2.18. The fourth-order valence-corrected chi connectivity index (χ4v) is 2.98. The lowest BCUT2D eigenvalue weighted by Gasteiger charge is -2.15. The number of benzene rings is 1. The summed E-state index contributed by atoms with van der Waals surface area (Å²) in [5, 5.41) is 0.214. The van der Waals surface area contributed by atoms with Crippen molar-refractivity contribution < 1.29 is 19.1 Å². The van der Waals surface area contributed by atoms with Crippen LogP contribution in [0.2, 0.25) is 30.7 Å². The predicted molar refractivity (Wildman–Crippen MR) is 102 cm³/mol. The highest BCUT2D eigenvalue weighted by molar-refractivity contribution is 6.76. The summed E-state index contributed by atoms with van der Waals surface area (Å²) in [5.41, 5.74) is 0.586. The molecule has 0 saturated heterocycles. The molecule has 0 atom stereocenters. The SMILES string of the molecule is COC(=O)c1cc(C(=O)c2ccnc(OCC[Si](C)(C)C)n2)ccc1Cl. The minimum absolute atomic E-state index is 0.126. The zero-order valence-electron chi connectivity index (χ0n) is 15.2. The van der Waals surface area contributed by atoms with Crippen molar-refractivity contribution in [2.45, 2.75) is 25.7 Å². The van der Waals surface area contributed by atoms with Gasteiger partial charge < -0.3 is 9.47 Å². The lowest BCUT2D eigenvalue weighted by atomic mass is 10.0. The average molecular weight is 393 g/mol. The number of carbonyl (C=O) groups is 2. The van der Waals surface area contributed by atoms with Gasteiger partial charge in [-0.3, -0.25) is 4.79 Å². The van der Waals surface area contributed by atoms with Crippen LogP contribution in [0, 0.1) is 0 Å². The molecule has 0 unspecified atom stereocenters. The molecule has 0 aliphatic heterocycles. The second kappa shape index (κ2) is 8.42. The van der Waals surface area contributed by atoms with Crippen molar-refractivity contribution in [1.29, 1.82) is 0 Å². The monoisotopic (exact) mass is 392 g/mol. The van der Waals surface area contributed by atoms with Crippen molar-refractivity contribution in [3.8, 4) is 6.01 Å². The third-order valence-electron chi connectivity index (χ3n) is 3.58. The van der Waals surface area contributed by atoms with E-state index in [1.165, 1.54) is 37.6 Å². The van der Waals surface area contributed by atoms with Crippen molar-refractivity contribution in [2.75, 3.05) is 13.7 Å². The van der Waals surface area contributed by atoms with Crippen LogP contribution in [0.15, 0.2) is 30.5 Å². The second-order valence-corrected chi connectivity index (χ2v) is 12.9. The van der Waals surface area contributed by atoms with E-state index >= 15 is 0 Å². The number of hydrogen-bond donors (Lipinski definition) is 0. The minimum atomic E-state index is -1.23. The van der Waals surface area contributed by atoms with Crippen LogP contribution in [0.1, 0.15) is 26.4 Å². The molecule has 0 radical (unpaired) electrons. The maximum Gasteiger partial charge on any atom is 0.339 e. The van der Waals surface area contributed by atoms with Gasteiger partial charge in [-0.25, -0.2) is 9.78 Å². The Kier molecular flexibility index (Phi) is 6.50. The van der Waals surface area contributed by atoms with Crippen molar-refractivity contribution in [3.63, 3.8) is 0 Å². The van der Waals surface area contributed by atoms with E-state index in [9.17, 15) is 9.59 Å². The molecule has 0 fully saturated rings. The number of methoxy groups -OCH3 is 1. The van der Waals surface area contributed by atoms with Gasteiger partial charge in [-0.05, 0) is 30.3 Å². The van der Waals surface area contributed by atoms with Crippen LogP contribution >= 0.6 is 11.6 Å². The van der Waals surface area contributed by atoms with E-state index in [2.05, 4.69) is 34.3 Å². The minimum Gasteiger partial charge on any atom is -0.465 e. The number of esters is 1. The zero-order valence-corrected chi connectivity index (χ0v) is 17.0. The number of ether oxygens (including phenoxy) is 2. The van der Waals surface area contributed by atoms with Crippen molar-refractivity contribution in [3.05, 3.63) is 52.3 Å². The predicted octanol–water partition coefficient (Wildman–Crippen LogP) is 3.86. The van der Waals surface area contributed by atoms with Gasteiger partial charge in [0.25, 0.3) is 0 Å². The molecule has 6 nitrogen and oxygen atoms in total. The van der Waals surface area contributed by atoms with E-state index < -0.39 is 14.0 Å². The Hall–Kier alpha value is -2.25. The lowest BCUT2D eigenvalue weighted by molar-refractivity contribution is 0.0601. The molecule has 0 bridgehead atoms. The van der Waals surface area contributed by atoms with Gasteiger partial charge in [0.15, 0.2) is 0 Å². The molecule has 1 heterocycles. The molecule has 0 N–H and O–H groups in total. The first-order chi connectivity index (χ1) is 12.2. The molecule has 0 amide bonds. The number of carbonyl (C=O) groups excluding carboxylic acids is 2. The topological polar surface area (TPSA) is 78.4 Å². The van der Waals surface area contributed by atoms with Crippen LogP contribution in [0.25, 0.3) is 0 Å². The van der Waals surface area contributed by atoms with Gasteiger partial charge in [0, 0.05) is 19.8 Å². The molecule has 1 aromatic carbocycles. The molecule has 2 aromatic rings. The maximum absolute atomic E-state index is 12.7. The van der Waals surface area contributed by atoms with Crippen molar-refractivity contribution in [1.82, 2.24) is 9.97 Å². The van der Waals surface area contributed by atoms with E-state index in [0.717, 1.165) is 6.04 Å². The summed E-state index contributed by atoms with van der Waals surface area (Å²) in [6.07, 6.45) is 1.47. The van der Waals surface area contributed by atoms with Crippen LogP contribution in [-0.4, -0.2) is 43.5 Å². The summed E-state index contributed by atoms with van der Waals surface area (Å²) in [5.74, 6) is -0.966. The molecule has 0 spiro atoms. The van der Waals surface area contributed by atoms with Gasteiger partial charge in [-0.2, -0.15) is 4.98 Å². The Morgan fingerprint density at radius 1 is 1.19 bits per heavy atom. The molecule has 138 valence electrons. The van der Waals surface area contributed by atoms with Crippen molar-refractivity contribution in [2.24, 2.45) is 0 Å². The quantitative estimate of drug-likeness (QED) is 0.404. The Bertz CT molecular complexity index is 821. The molecule has 2 rings (SSSR count). The third kappa shape index (κ3) is 5.37. The first-order valence-electron chi connectivity index (χ1n) is 8.10. The lowest BCUT2D eigenvalue weighted by Crippen LogP contribution is -2.22. The molecular weight excluding hydrogens is 372 g/mol. The zero-order chi connectivity index (χ0) is 19.3. The highest BCUT2D eigenvalue weighted by Crippen LogP contribution is 2.20. The van der Waals surface area contributed by atoms with Gasteiger partial charge in [0.1, 0.15) is 5.69 Å². The maximum atomic E-state index is 12.7. The van der Waals surface area contributed by atoms with E-state index in [1.54, 1.807) is 0 Å². The summed E-state index contributed by atoms with van der Waals surface area (Å²) in [7, 11) is 0.0225. The fourth-order valence-electron chi connectivity index (χ4n) is 2.07. The number of halogens is 1. The molecular formula is C18H21ClN2O4Si. The number of rotatable bonds is 7. The van der Waals surface area contributed by atoms with E-state index in [4.69, 9.17) is 16.3 Å². The smallest absolute Gasteiger partial charge is 0.339 e. The van der Waals surface area contributed by atoms with E-state index in [-0.39, 0.29) is 33.6 Å². The molecule has 26 heavy (non-hydrogen) atoms. The van der Waals surface area contributed by atoms with Crippen molar-refractivity contribution >= 4 is 31.4 Å². The van der Waals surface area contributed by atoms with Gasteiger partial charge in [-0.1, -0.05) is 31.2 Å². The molecule has 1 aromatic heterocycles. The van der Waals surface area contributed by atoms with Crippen LogP contribution < -0.4 is 4.74 Å². The second-order valence-electron chi connectivity index (χ2n) is 6.90. The summed E-state index contributed by atoms with van der Waals surface area (Å²) in [6, 6.07) is 7.04. The van der Waals surface area contributed by atoms with Crippen LogP contribution in [0.3, 0.4) is 0 Å². The largest absolute Gasteiger partial charge is 0.465 e. The van der Waals surface area contributed by atoms with Gasteiger partial charge >= 0.3 is 12.0 Å². The Labute approximate surface area is 158 Å². The highest BCUT2D eigenvalue weighted by atomic mass is 35.5. The number of ketones is 1. The van der Waals surface area contributed by atoms with Crippen LogP contribution in [0.4, 0.5) is 0 Å². The summed E-state index contributed by atoms with van der Waals surface area (Å²) in [4.78, 5) is 32.6. The van der Waals surface area contributed by atoms with Gasteiger partial charge in [-0.15, -0.1) is 0 Å².